The Balaban J connectivity index is 2.70. The van der Waals surface area contributed by atoms with Gasteiger partial charge in [0.2, 0.25) is 0 Å². The Morgan fingerprint density at radius 3 is 1.74 bits per heavy atom. The largest absolute Gasteiger partial charge is 0.499 e. The fourth-order valence-electron chi connectivity index (χ4n) is 2.21. The molecule has 0 saturated carbocycles. The standard InChI is InChI=1S/C17H15NO/c1-14(19-2)17(13-18,15-9-5-3-6-10-15)16-11-7-4-8-12-16/h3-12H,1H2,2H3. The van der Waals surface area contributed by atoms with Gasteiger partial charge in [0.15, 0.2) is 5.41 Å². The minimum absolute atomic E-state index is 0.424. The van der Waals surface area contributed by atoms with Gasteiger partial charge in [0.05, 0.1) is 13.2 Å². The van der Waals surface area contributed by atoms with Crippen LogP contribution in [-0.4, -0.2) is 7.11 Å². The van der Waals surface area contributed by atoms with Crippen LogP contribution in [0.15, 0.2) is 73.0 Å². The van der Waals surface area contributed by atoms with Crippen molar-refractivity contribution in [3.63, 3.8) is 0 Å². The van der Waals surface area contributed by atoms with Gasteiger partial charge in [0.25, 0.3) is 0 Å². The third-order valence-electron chi connectivity index (χ3n) is 3.25. The summed E-state index contributed by atoms with van der Waals surface area (Å²) in [5.74, 6) is 0.424. The lowest BCUT2D eigenvalue weighted by atomic mass is 9.74. The molecule has 94 valence electrons. The zero-order valence-corrected chi connectivity index (χ0v) is 10.8. The average molecular weight is 249 g/mol. The second-order valence-corrected chi connectivity index (χ2v) is 4.22. The number of allylic oxidation sites excluding steroid dienone is 1. The molecule has 0 radical (unpaired) electrons. The summed E-state index contributed by atoms with van der Waals surface area (Å²) >= 11 is 0. The first-order chi connectivity index (χ1) is 9.25. The van der Waals surface area contributed by atoms with Crippen LogP contribution in [-0.2, 0) is 10.2 Å². The lowest BCUT2D eigenvalue weighted by Gasteiger charge is -2.28. The molecule has 0 aliphatic carbocycles. The Morgan fingerprint density at radius 2 is 1.42 bits per heavy atom. The Morgan fingerprint density at radius 1 is 1.00 bits per heavy atom. The Kier molecular flexibility index (Phi) is 3.68. The predicted octanol–water partition coefficient (Wildman–Crippen LogP) is 3.66. The first-order valence-corrected chi connectivity index (χ1v) is 6.01. The van der Waals surface area contributed by atoms with Gasteiger partial charge in [-0.1, -0.05) is 67.2 Å². The number of ether oxygens (including phenoxy) is 1. The van der Waals surface area contributed by atoms with Crippen molar-refractivity contribution in [2.75, 3.05) is 7.11 Å². The molecular formula is C17H15NO. The maximum absolute atomic E-state index is 9.79. The molecule has 0 bridgehead atoms. The molecule has 0 amide bonds. The summed E-state index contributed by atoms with van der Waals surface area (Å²) in [6.45, 7) is 3.92. The highest BCUT2D eigenvalue weighted by Gasteiger charge is 2.38. The van der Waals surface area contributed by atoms with E-state index >= 15 is 0 Å². The van der Waals surface area contributed by atoms with Crippen LogP contribution >= 0.6 is 0 Å². The number of methoxy groups -OCH3 is 1. The monoisotopic (exact) mass is 249 g/mol. The molecule has 0 spiro atoms. The van der Waals surface area contributed by atoms with E-state index in [1.54, 1.807) is 7.11 Å². The summed E-state index contributed by atoms with van der Waals surface area (Å²) in [7, 11) is 1.54. The topological polar surface area (TPSA) is 33.0 Å². The molecular weight excluding hydrogens is 234 g/mol. The smallest absolute Gasteiger partial charge is 0.163 e. The first kappa shape index (κ1) is 12.9. The second-order valence-electron chi connectivity index (χ2n) is 4.22. The first-order valence-electron chi connectivity index (χ1n) is 6.01. The van der Waals surface area contributed by atoms with Crippen LogP contribution in [0.2, 0.25) is 0 Å². The van der Waals surface area contributed by atoms with Crippen molar-refractivity contribution in [2.45, 2.75) is 5.41 Å². The van der Waals surface area contributed by atoms with E-state index in [0.717, 1.165) is 11.1 Å². The van der Waals surface area contributed by atoms with Gasteiger partial charge in [-0.3, -0.25) is 0 Å². The van der Waals surface area contributed by atoms with Crippen molar-refractivity contribution in [2.24, 2.45) is 0 Å². The Hall–Kier alpha value is -2.53. The van der Waals surface area contributed by atoms with Gasteiger partial charge in [-0.25, -0.2) is 0 Å². The molecule has 0 fully saturated rings. The number of hydrogen-bond acceptors (Lipinski definition) is 2. The average Bonchev–Trinajstić information content (AvgIpc) is 2.50. The fraction of sp³-hybridized carbons (Fsp3) is 0.118. The van der Waals surface area contributed by atoms with Crippen LogP contribution < -0.4 is 0 Å². The number of benzene rings is 2. The molecule has 0 N–H and O–H groups in total. The molecule has 0 saturated heterocycles. The summed E-state index contributed by atoms with van der Waals surface area (Å²) < 4.78 is 5.30. The zero-order chi connectivity index (χ0) is 13.7. The highest BCUT2D eigenvalue weighted by molar-refractivity contribution is 5.52. The summed E-state index contributed by atoms with van der Waals surface area (Å²) in [6, 6.07) is 21.5. The van der Waals surface area contributed by atoms with E-state index in [1.165, 1.54) is 0 Å². The molecule has 2 aromatic rings. The molecule has 2 aromatic carbocycles. The quantitative estimate of drug-likeness (QED) is 0.775. The molecule has 0 unspecified atom stereocenters. The van der Waals surface area contributed by atoms with E-state index < -0.39 is 5.41 Å². The third-order valence-corrected chi connectivity index (χ3v) is 3.25. The highest BCUT2D eigenvalue weighted by Crippen LogP contribution is 2.38. The lowest BCUT2D eigenvalue weighted by Crippen LogP contribution is -2.28. The highest BCUT2D eigenvalue weighted by atomic mass is 16.5. The van der Waals surface area contributed by atoms with Gasteiger partial charge in [0, 0.05) is 0 Å². The summed E-state index contributed by atoms with van der Waals surface area (Å²) in [5.41, 5.74) is 0.739. The van der Waals surface area contributed by atoms with Crippen LogP contribution in [0.3, 0.4) is 0 Å². The van der Waals surface area contributed by atoms with Crippen molar-refractivity contribution in [1.29, 1.82) is 5.26 Å². The van der Waals surface area contributed by atoms with Crippen molar-refractivity contribution in [1.82, 2.24) is 0 Å². The molecule has 0 aliphatic rings. The Bertz CT molecular complexity index is 557. The van der Waals surface area contributed by atoms with E-state index in [0.29, 0.717) is 5.76 Å². The number of nitriles is 1. The number of rotatable bonds is 4. The van der Waals surface area contributed by atoms with Crippen molar-refractivity contribution >= 4 is 0 Å². The van der Waals surface area contributed by atoms with Gasteiger partial charge in [-0.05, 0) is 11.1 Å². The lowest BCUT2D eigenvalue weighted by molar-refractivity contribution is 0.257. The van der Waals surface area contributed by atoms with Crippen LogP contribution in [0, 0.1) is 11.3 Å². The van der Waals surface area contributed by atoms with Gasteiger partial charge >= 0.3 is 0 Å². The minimum Gasteiger partial charge on any atom is -0.499 e. The van der Waals surface area contributed by atoms with Crippen molar-refractivity contribution < 1.29 is 4.74 Å². The summed E-state index contributed by atoms with van der Waals surface area (Å²) in [5, 5.41) is 9.79. The SMILES string of the molecule is C=C(OC)C(C#N)(c1ccccc1)c1ccccc1. The molecule has 2 nitrogen and oxygen atoms in total. The molecule has 0 aliphatic heterocycles. The summed E-state index contributed by atoms with van der Waals surface area (Å²) in [6.07, 6.45) is 0. The van der Waals surface area contributed by atoms with Crippen LogP contribution in [0.4, 0.5) is 0 Å². The van der Waals surface area contributed by atoms with Crippen molar-refractivity contribution in [3.8, 4) is 6.07 Å². The minimum atomic E-state index is -0.975. The molecule has 0 atom stereocenters. The predicted molar refractivity (Wildman–Crippen MR) is 75.4 cm³/mol. The van der Waals surface area contributed by atoms with Crippen LogP contribution in [0.1, 0.15) is 11.1 Å². The second kappa shape index (κ2) is 5.41. The van der Waals surface area contributed by atoms with E-state index in [9.17, 15) is 5.26 Å². The zero-order valence-electron chi connectivity index (χ0n) is 10.8. The van der Waals surface area contributed by atoms with E-state index in [2.05, 4.69) is 12.6 Å². The van der Waals surface area contributed by atoms with Gasteiger partial charge in [-0.2, -0.15) is 5.26 Å². The fourth-order valence-corrected chi connectivity index (χ4v) is 2.21. The molecule has 0 heterocycles. The van der Waals surface area contributed by atoms with Gasteiger partial charge < -0.3 is 4.74 Å². The number of nitrogens with zero attached hydrogens (tertiary/aromatic N) is 1. The van der Waals surface area contributed by atoms with Crippen LogP contribution in [0.25, 0.3) is 0 Å². The van der Waals surface area contributed by atoms with E-state index in [1.807, 2.05) is 60.7 Å². The normalized spacial score (nSPS) is 10.5. The maximum atomic E-state index is 9.79. The van der Waals surface area contributed by atoms with Gasteiger partial charge in [0.1, 0.15) is 5.76 Å². The number of hydrogen-bond donors (Lipinski definition) is 0. The summed E-state index contributed by atoms with van der Waals surface area (Å²) in [4.78, 5) is 0. The Labute approximate surface area is 113 Å². The molecule has 2 heteroatoms. The van der Waals surface area contributed by atoms with Gasteiger partial charge in [-0.15, -0.1) is 0 Å². The maximum Gasteiger partial charge on any atom is 0.163 e. The van der Waals surface area contributed by atoms with Crippen LogP contribution in [0.5, 0.6) is 0 Å². The van der Waals surface area contributed by atoms with E-state index in [-0.39, 0.29) is 0 Å². The van der Waals surface area contributed by atoms with Crippen molar-refractivity contribution in [3.05, 3.63) is 84.1 Å². The molecule has 2 rings (SSSR count). The third kappa shape index (κ3) is 2.11. The molecule has 0 aromatic heterocycles. The van der Waals surface area contributed by atoms with E-state index in [4.69, 9.17) is 4.74 Å². The molecule has 19 heavy (non-hydrogen) atoms.